The van der Waals surface area contributed by atoms with Gasteiger partial charge < -0.3 is 24.1 Å². The number of fused-ring (bicyclic) bond motifs is 2. The van der Waals surface area contributed by atoms with Gasteiger partial charge in [-0.25, -0.2) is 0 Å². The minimum absolute atomic E-state index is 0.118. The fraction of sp³-hybridized carbons (Fsp3) is 0.875. The van der Waals surface area contributed by atoms with Gasteiger partial charge in [0.25, 0.3) is 0 Å². The van der Waals surface area contributed by atoms with E-state index in [-0.39, 0.29) is 25.4 Å². The summed E-state index contributed by atoms with van der Waals surface area (Å²) in [7, 11) is 1.49. The Bertz CT molecular complexity index is 499. The van der Waals surface area contributed by atoms with E-state index in [4.69, 9.17) is 18.9 Å². The van der Waals surface area contributed by atoms with E-state index in [9.17, 15) is 14.7 Å². The van der Waals surface area contributed by atoms with Crippen LogP contribution in [0, 0.1) is 10.8 Å². The third-order valence-electron chi connectivity index (χ3n) is 5.76. The molecule has 0 aromatic rings. The van der Waals surface area contributed by atoms with Crippen molar-refractivity contribution in [3.8, 4) is 0 Å². The summed E-state index contributed by atoms with van der Waals surface area (Å²) in [4.78, 5) is 24.8. The van der Waals surface area contributed by atoms with Crippen molar-refractivity contribution in [2.45, 2.75) is 50.9 Å². The first-order valence-electron chi connectivity index (χ1n) is 8.18. The lowest BCUT2D eigenvalue weighted by Crippen LogP contribution is -2.72. The van der Waals surface area contributed by atoms with Crippen molar-refractivity contribution in [2.24, 2.45) is 10.8 Å². The van der Waals surface area contributed by atoms with Crippen molar-refractivity contribution in [3.05, 3.63) is 0 Å². The zero-order chi connectivity index (χ0) is 16.7. The molecule has 1 N–H and O–H groups in total. The molecular weight excluding hydrogens is 304 g/mol. The van der Waals surface area contributed by atoms with Gasteiger partial charge in [0.2, 0.25) is 0 Å². The van der Waals surface area contributed by atoms with E-state index in [0.717, 1.165) is 6.42 Å². The number of carboxylic acid groups (broad SMARTS) is 1. The Hall–Kier alpha value is -1.18. The monoisotopic (exact) mass is 328 g/mol. The number of ether oxygens (including phenoxy) is 4. The first kappa shape index (κ1) is 16.7. The molecule has 4 fully saturated rings. The third-order valence-corrected chi connectivity index (χ3v) is 5.76. The van der Waals surface area contributed by atoms with Crippen LogP contribution in [0.5, 0.6) is 0 Å². The maximum absolute atomic E-state index is 12.8. The molecule has 130 valence electrons. The molecule has 1 spiro atoms. The molecule has 0 aromatic heterocycles. The third kappa shape index (κ3) is 2.13. The number of carboxylic acids is 1. The Morgan fingerprint density at radius 2 is 1.96 bits per heavy atom. The van der Waals surface area contributed by atoms with Crippen LogP contribution in [0.3, 0.4) is 0 Å². The molecule has 0 radical (unpaired) electrons. The maximum Gasteiger partial charge on any atom is 0.317 e. The second-order valence-electron chi connectivity index (χ2n) is 6.67. The van der Waals surface area contributed by atoms with Gasteiger partial charge in [0, 0.05) is 13.5 Å². The second-order valence-corrected chi connectivity index (χ2v) is 6.67. The summed E-state index contributed by atoms with van der Waals surface area (Å²) in [6.07, 6.45) is 1.26. The fourth-order valence-electron chi connectivity index (χ4n) is 4.54. The molecule has 0 amide bonds. The van der Waals surface area contributed by atoms with Crippen LogP contribution in [0.1, 0.15) is 39.0 Å². The van der Waals surface area contributed by atoms with Crippen molar-refractivity contribution >= 4 is 11.9 Å². The lowest BCUT2D eigenvalue weighted by atomic mass is 9.49. The average molecular weight is 328 g/mol. The van der Waals surface area contributed by atoms with Gasteiger partial charge in [0.1, 0.15) is 5.41 Å². The highest BCUT2D eigenvalue weighted by Gasteiger charge is 2.74. The van der Waals surface area contributed by atoms with Crippen LogP contribution < -0.4 is 0 Å². The van der Waals surface area contributed by atoms with Gasteiger partial charge in [-0.1, -0.05) is 0 Å². The minimum atomic E-state index is -1.22. The predicted molar refractivity (Wildman–Crippen MR) is 77.7 cm³/mol. The smallest absolute Gasteiger partial charge is 0.317 e. The highest BCUT2D eigenvalue weighted by Crippen LogP contribution is 2.65. The molecule has 4 aliphatic rings. The molecule has 1 saturated heterocycles. The summed E-state index contributed by atoms with van der Waals surface area (Å²) >= 11 is 0. The summed E-state index contributed by atoms with van der Waals surface area (Å²) in [5, 5.41) is 9.85. The molecule has 0 aromatic carbocycles. The number of carbonyl (C=O) groups excluding carboxylic acids is 1. The van der Waals surface area contributed by atoms with Crippen molar-refractivity contribution in [1.82, 2.24) is 0 Å². The largest absolute Gasteiger partial charge is 0.481 e. The first-order valence-corrected chi connectivity index (χ1v) is 8.18. The Morgan fingerprint density at radius 1 is 1.26 bits per heavy atom. The molecule has 3 unspecified atom stereocenters. The molecule has 7 nitrogen and oxygen atoms in total. The van der Waals surface area contributed by atoms with E-state index in [2.05, 4.69) is 0 Å². The summed E-state index contributed by atoms with van der Waals surface area (Å²) in [6.45, 7) is 2.92. The van der Waals surface area contributed by atoms with Gasteiger partial charge in [-0.05, 0) is 32.6 Å². The van der Waals surface area contributed by atoms with Crippen molar-refractivity contribution in [3.63, 3.8) is 0 Å². The first-order chi connectivity index (χ1) is 11.0. The van der Waals surface area contributed by atoms with Crippen LogP contribution in [0.15, 0.2) is 0 Å². The zero-order valence-electron chi connectivity index (χ0n) is 13.6. The van der Waals surface area contributed by atoms with Crippen LogP contribution >= 0.6 is 0 Å². The predicted octanol–water partition coefficient (Wildman–Crippen LogP) is 1.34. The lowest BCUT2D eigenvalue weighted by molar-refractivity contribution is -0.372. The van der Waals surface area contributed by atoms with Crippen molar-refractivity contribution < 1.29 is 33.6 Å². The molecule has 23 heavy (non-hydrogen) atoms. The zero-order valence-corrected chi connectivity index (χ0v) is 13.6. The normalized spacial score (nSPS) is 38.4. The average Bonchev–Trinajstić information content (AvgIpc) is 2.56. The maximum atomic E-state index is 12.8. The topological polar surface area (TPSA) is 91.3 Å². The van der Waals surface area contributed by atoms with E-state index in [0.29, 0.717) is 26.1 Å². The van der Waals surface area contributed by atoms with E-state index in [1.165, 1.54) is 7.11 Å². The summed E-state index contributed by atoms with van der Waals surface area (Å²) in [5.41, 5.74) is -2.08. The highest BCUT2D eigenvalue weighted by atomic mass is 16.7. The van der Waals surface area contributed by atoms with Gasteiger partial charge in [-0.3, -0.25) is 9.59 Å². The SMILES string of the molecule is CCOC(=O)C12CCC(C(=O)O)(CC13OCCCO3)C(OC)C2. The van der Waals surface area contributed by atoms with Crippen molar-refractivity contribution in [1.29, 1.82) is 0 Å². The fourth-order valence-corrected chi connectivity index (χ4v) is 4.54. The molecule has 3 aliphatic carbocycles. The van der Waals surface area contributed by atoms with Crippen LogP contribution in [0.4, 0.5) is 0 Å². The minimum Gasteiger partial charge on any atom is -0.481 e. The molecule has 7 heteroatoms. The number of carbonyl (C=O) groups is 2. The van der Waals surface area contributed by atoms with Crippen LogP contribution in [-0.4, -0.2) is 55.9 Å². The number of aliphatic carboxylic acids is 1. The van der Waals surface area contributed by atoms with E-state index in [1.807, 2.05) is 0 Å². The molecule has 3 atom stereocenters. The number of esters is 1. The molecule has 3 saturated carbocycles. The van der Waals surface area contributed by atoms with Gasteiger partial charge in [-0.2, -0.15) is 0 Å². The van der Waals surface area contributed by atoms with Gasteiger partial charge in [-0.15, -0.1) is 0 Å². The van der Waals surface area contributed by atoms with Gasteiger partial charge >= 0.3 is 11.9 Å². The molecule has 4 rings (SSSR count). The van der Waals surface area contributed by atoms with Gasteiger partial charge in [0.15, 0.2) is 5.79 Å². The summed E-state index contributed by atoms with van der Waals surface area (Å²) in [6, 6.07) is 0. The van der Waals surface area contributed by atoms with E-state index >= 15 is 0 Å². The molecule has 1 heterocycles. The summed E-state index contributed by atoms with van der Waals surface area (Å²) < 4.78 is 22.7. The Labute approximate surface area is 135 Å². The lowest BCUT2D eigenvalue weighted by Gasteiger charge is -2.62. The second kappa shape index (κ2) is 5.72. The Morgan fingerprint density at radius 3 is 2.52 bits per heavy atom. The van der Waals surface area contributed by atoms with Crippen molar-refractivity contribution in [2.75, 3.05) is 26.9 Å². The van der Waals surface area contributed by atoms with E-state index < -0.39 is 28.7 Å². The standard InChI is InChI=1S/C16H24O7/c1-3-21-13(19)15-6-5-14(12(17)18,11(9-15)20-2)10-16(15)22-7-4-8-23-16/h11H,3-10H2,1-2H3,(H,17,18). The van der Waals surface area contributed by atoms with E-state index in [1.54, 1.807) is 6.92 Å². The number of methoxy groups -OCH3 is 1. The van der Waals surface area contributed by atoms with Gasteiger partial charge in [0.05, 0.1) is 31.3 Å². The molecule has 1 aliphatic heterocycles. The quantitative estimate of drug-likeness (QED) is 0.779. The number of rotatable bonds is 4. The van der Waals surface area contributed by atoms with Crippen LogP contribution in [-0.2, 0) is 28.5 Å². The molecule has 2 bridgehead atoms. The highest BCUT2D eigenvalue weighted by molar-refractivity contribution is 5.83. The van der Waals surface area contributed by atoms with Crippen LogP contribution in [0.2, 0.25) is 0 Å². The summed E-state index contributed by atoms with van der Waals surface area (Å²) in [5.74, 6) is -2.51. The Kier molecular flexibility index (Phi) is 4.14. The molecular formula is C16H24O7. The Balaban J connectivity index is 2.06. The van der Waals surface area contributed by atoms with Crippen LogP contribution in [0.25, 0.3) is 0 Å². The number of hydrogen-bond donors (Lipinski definition) is 1. The number of hydrogen-bond acceptors (Lipinski definition) is 6.